The van der Waals surface area contributed by atoms with Gasteiger partial charge in [0, 0.05) is 17.5 Å². The molecule has 0 atom stereocenters. The summed E-state index contributed by atoms with van der Waals surface area (Å²) in [4.78, 5) is 12.5. The highest BCUT2D eigenvalue weighted by Crippen LogP contribution is 2.28. The molecule has 1 aliphatic rings. The van der Waals surface area contributed by atoms with Crippen molar-refractivity contribution in [2.75, 3.05) is 13.7 Å². The third-order valence-corrected chi connectivity index (χ3v) is 4.37. The number of hydrogen-bond acceptors (Lipinski definition) is 2. The summed E-state index contributed by atoms with van der Waals surface area (Å²) in [5, 5.41) is 5.02. The molecule has 3 rings (SSSR count). The lowest BCUT2D eigenvalue weighted by Gasteiger charge is -2.13. The smallest absolute Gasteiger partial charge is 0.251 e. The van der Waals surface area contributed by atoms with Crippen molar-refractivity contribution in [2.24, 2.45) is 5.92 Å². The number of benzene rings is 2. The number of nitrogens with one attached hydrogen (secondary N) is 1. The SMILES string of the molecule is COc1ccc(C(=O)NCC2CCCC2)c2ccccc12. The van der Waals surface area contributed by atoms with Crippen molar-refractivity contribution >= 4 is 16.7 Å². The fourth-order valence-corrected chi connectivity index (χ4v) is 3.19. The molecule has 110 valence electrons. The van der Waals surface area contributed by atoms with Gasteiger partial charge in [-0.25, -0.2) is 0 Å². The summed E-state index contributed by atoms with van der Waals surface area (Å²) in [6.45, 7) is 0.791. The van der Waals surface area contributed by atoms with E-state index in [0.717, 1.165) is 28.6 Å². The number of ether oxygens (including phenoxy) is 1. The molecule has 3 nitrogen and oxygen atoms in total. The van der Waals surface area contributed by atoms with Crippen LogP contribution < -0.4 is 10.1 Å². The Labute approximate surface area is 125 Å². The van der Waals surface area contributed by atoms with Crippen molar-refractivity contribution in [1.82, 2.24) is 5.32 Å². The molecule has 21 heavy (non-hydrogen) atoms. The first-order valence-corrected chi connectivity index (χ1v) is 7.63. The van der Waals surface area contributed by atoms with Crippen LogP contribution in [0.2, 0.25) is 0 Å². The van der Waals surface area contributed by atoms with Gasteiger partial charge in [0.1, 0.15) is 5.75 Å². The monoisotopic (exact) mass is 283 g/mol. The van der Waals surface area contributed by atoms with Crippen molar-refractivity contribution in [3.05, 3.63) is 42.0 Å². The first-order valence-electron chi connectivity index (χ1n) is 7.63. The molecular weight excluding hydrogens is 262 g/mol. The molecule has 2 aromatic carbocycles. The molecule has 1 aliphatic carbocycles. The minimum Gasteiger partial charge on any atom is -0.496 e. The minimum absolute atomic E-state index is 0.0146. The number of carbonyl (C=O) groups is 1. The van der Waals surface area contributed by atoms with Crippen molar-refractivity contribution in [3.8, 4) is 5.75 Å². The van der Waals surface area contributed by atoms with Crippen molar-refractivity contribution in [2.45, 2.75) is 25.7 Å². The van der Waals surface area contributed by atoms with Gasteiger partial charge < -0.3 is 10.1 Å². The van der Waals surface area contributed by atoms with Crippen LogP contribution in [0.15, 0.2) is 36.4 Å². The van der Waals surface area contributed by atoms with Crippen LogP contribution in [0.4, 0.5) is 0 Å². The zero-order chi connectivity index (χ0) is 14.7. The van der Waals surface area contributed by atoms with E-state index in [1.54, 1.807) is 7.11 Å². The maximum atomic E-state index is 12.5. The Morgan fingerprint density at radius 3 is 2.57 bits per heavy atom. The average Bonchev–Trinajstić information content (AvgIpc) is 3.05. The molecular formula is C18H21NO2. The molecule has 1 fully saturated rings. The normalized spacial score (nSPS) is 15.3. The van der Waals surface area contributed by atoms with Crippen LogP contribution in [-0.2, 0) is 0 Å². The van der Waals surface area contributed by atoms with Gasteiger partial charge in [0.05, 0.1) is 7.11 Å². The zero-order valence-corrected chi connectivity index (χ0v) is 12.4. The predicted octanol–water partition coefficient (Wildman–Crippen LogP) is 3.77. The lowest BCUT2D eigenvalue weighted by molar-refractivity contribution is 0.0949. The van der Waals surface area contributed by atoms with E-state index in [1.165, 1.54) is 25.7 Å². The van der Waals surface area contributed by atoms with Crippen LogP contribution in [0.5, 0.6) is 5.75 Å². The Balaban J connectivity index is 1.84. The number of rotatable bonds is 4. The summed E-state index contributed by atoms with van der Waals surface area (Å²) in [6, 6.07) is 11.6. The first-order chi connectivity index (χ1) is 10.3. The fourth-order valence-electron chi connectivity index (χ4n) is 3.19. The molecule has 0 spiro atoms. The number of amides is 1. The minimum atomic E-state index is 0.0146. The van der Waals surface area contributed by atoms with E-state index in [1.807, 2.05) is 36.4 Å². The molecule has 0 aliphatic heterocycles. The number of hydrogen-bond donors (Lipinski definition) is 1. The van der Waals surface area contributed by atoms with Crippen LogP contribution in [0.25, 0.3) is 10.8 Å². The molecule has 0 saturated heterocycles. The largest absolute Gasteiger partial charge is 0.496 e. The lowest BCUT2D eigenvalue weighted by atomic mass is 10.0. The Morgan fingerprint density at radius 2 is 1.86 bits per heavy atom. The molecule has 0 unspecified atom stereocenters. The highest BCUT2D eigenvalue weighted by molar-refractivity contribution is 6.08. The summed E-state index contributed by atoms with van der Waals surface area (Å²) in [5.41, 5.74) is 0.726. The Morgan fingerprint density at radius 1 is 1.14 bits per heavy atom. The first kappa shape index (κ1) is 13.9. The molecule has 1 saturated carbocycles. The molecule has 2 aromatic rings. The highest BCUT2D eigenvalue weighted by Gasteiger charge is 2.17. The maximum Gasteiger partial charge on any atom is 0.251 e. The van der Waals surface area contributed by atoms with Crippen molar-refractivity contribution < 1.29 is 9.53 Å². The Bertz CT molecular complexity index is 645. The van der Waals surface area contributed by atoms with Crippen LogP contribution >= 0.6 is 0 Å². The third-order valence-electron chi connectivity index (χ3n) is 4.37. The third kappa shape index (κ3) is 2.87. The fraction of sp³-hybridized carbons (Fsp3) is 0.389. The quantitative estimate of drug-likeness (QED) is 0.927. The van der Waals surface area contributed by atoms with Gasteiger partial charge in [-0.05, 0) is 36.3 Å². The molecule has 0 bridgehead atoms. The van der Waals surface area contributed by atoms with E-state index in [4.69, 9.17) is 4.74 Å². The number of methoxy groups -OCH3 is 1. The summed E-state index contributed by atoms with van der Waals surface area (Å²) in [6.07, 6.45) is 5.07. The van der Waals surface area contributed by atoms with Gasteiger partial charge in [0.2, 0.25) is 0 Å². The van der Waals surface area contributed by atoms with E-state index < -0.39 is 0 Å². The molecule has 1 amide bonds. The Kier molecular flexibility index (Phi) is 4.09. The van der Waals surface area contributed by atoms with Gasteiger partial charge in [0.25, 0.3) is 5.91 Å². The van der Waals surface area contributed by atoms with Crippen molar-refractivity contribution in [1.29, 1.82) is 0 Å². The van der Waals surface area contributed by atoms with E-state index in [9.17, 15) is 4.79 Å². The van der Waals surface area contributed by atoms with Crippen LogP contribution in [-0.4, -0.2) is 19.6 Å². The van der Waals surface area contributed by atoms with Gasteiger partial charge in [-0.3, -0.25) is 4.79 Å². The van der Waals surface area contributed by atoms with Crippen molar-refractivity contribution in [3.63, 3.8) is 0 Å². The molecule has 0 aromatic heterocycles. The predicted molar refractivity (Wildman–Crippen MR) is 84.8 cm³/mol. The maximum absolute atomic E-state index is 12.5. The second-order valence-electron chi connectivity index (χ2n) is 5.72. The molecule has 3 heteroatoms. The van der Waals surface area contributed by atoms with Crippen LogP contribution in [0.1, 0.15) is 36.0 Å². The summed E-state index contributed by atoms with van der Waals surface area (Å²) in [7, 11) is 1.65. The van der Waals surface area contributed by atoms with Gasteiger partial charge in [0.15, 0.2) is 0 Å². The van der Waals surface area contributed by atoms with Gasteiger partial charge in [-0.15, -0.1) is 0 Å². The van der Waals surface area contributed by atoms with Gasteiger partial charge in [-0.2, -0.15) is 0 Å². The molecule has 1 N–H and O–H groups in total. The summed E-state index contributed by atoms with van der Waals surface area (Å²) >= 11 is 0. The van der Waals surface area contributed by atoms with E-state index in [-0.39, 0.29) is 5.91 Å². The number of carbonyl (C=O) groups excluding carboxylic acids is 1. The number of fused-ring (bicyclic) bond motifs is 1. The van der Waals surface area contributed by atoms with Gasteiger partial charge >= 0.3 is 0 Å². The average molecular weight is 283 g/mol. The zero-order valence-electron chi connectivity index (χ0n) is 12.4. The van der Waals surface area contributed by atoms with Gasteiger partial charge in [-0.1, -0.05) is 37.1 Å². The highest BCUT2D eigenvalue weighted by atomic mass is 16.5. The molecule has 0 radical (unpaired) electrons. The molecule has 0 heterocycles. The lowest BCUT2D eigenvalue weighted by Crippen LogP contribution is -2.28. The van der Waals surface area contributed by atoms with E-state index in [0.29, 0.717) is 5.92 Å². The topological polar surface area (TPSA) is 38.3 Å². The Hall–Kier alpha value is -2.03. The second kappa shape index (κ2) is 6.17. The van der Waals surface area contributed by atoms with E-state index in [2.05, 4.69) is 5.32 Å². The second-order valence-corrected chi connectivity index (χ2v) is 5.72. The summed E-state index contributed by atoms with van der Waals surface area (Å²) < 4.78 is 5.37. The standard InChI is InChI=1S/C18H21NO2/c1-21-17-11-10-16(14-8-4-5-9-15(14)17)18(20)19-12-13-6-2-3-7-13/h4-5,8-11,13H,2-3,6-7,12H2,1H3,(H,19,20). The van der Waals surface area contributed by atoms with E-state index >= 15 is 0 Å². The summed E-state index contributed by atoms with van der Waals surface area (Å²) in [5.74, 6) is 1.47. The van der Waals surface area contributed by atoms with Crippen LogP contribution in [0.3, 0.4) is 0 Å². The van der Waals surface area contributed by atoms with Crippen LogP contribution in [0, 0.1) is 5.92 Å².